The maximum Gasteiger partial charge on any atom is 0.339 e. The first-order valence-corrected chi connectivity index (χ1v) is 5.01. The van der Waals surface area contributed by atoms with Crippen LogP contribution in [0.5, 0.6) is 0 Å². The third-order valence-electron chi connectivity index (χ3n) is 2.25. The molecule has 0 aliphatic heterocycles. The predicted octanol–water partition coefficient (Wildman–Crippen LogP) is 0.249. The summed E-state index contributed by atoms with van der Waals surface area (Å²) in [6.45, 7) is 4.03. The second-order valence-corrected chi connectivity index (χ2v) is 3.67. The molecule has 0 aliphatic carbocycles. The Bertz CT molecular complexity index is 368. The molecule has 0 bridgehead atoms. The van der Waals surface area contributed by atoms with Crippen LogP contribution in [0.1, 0.15) is 30.6 Å². The van der Waals surface area contributed by atoms with Gasteiger partial charge in [0.15, 0.2) is 0 Å². The molecule has 1 rings (SSSR count). The molecule has 1 heterocycles. The highest BCUT2D eigenvalue weighted by atomic mass is 16.4. The number of hydrogen-bond donors (Lipinski definition) is 2. The van der Waals surface area contributed by atoms with Crippen molar-refractivity contribution < 1.29 is 9.90 Å². The maximum absolute atomic E-state index is 11.0. The van der Waals surface area contributed by atoms with Crippen LogP contribution < -0.4 is 10.8 Å². The number of nitrogens with one attached hydrogen (secondary N) is 1. The van der Waals surface area contributed by atoms with E-state index >= 15 is 0 Å². The van der Waals surface area contributed by atoms with Crippen molar-refractivity contribution in [3.63, 3.8) is 0 Å². The van der Waals surface area contributed by atoms with Gasteiger partial charge in [-0.05, 0) is 19.4 Å². The van der Waals surface area contributed by atoms with Gasteiger partial charge in [0.25, 0.3) is 0 Å². The lowest BCUT2D eigenvalue weighted by Gasteiger charge is -2.14. The Morgan fingerprint density at radius 1 is 1.73 bits per heavy atom. The molecule has 0 saturated heterocycles. The van der Waals surface area contributed by atoms with E-state index in [-0.39, 0.29) is 11.6 Å². The molecule has 2 N–H and O–H groups in total. The molecular formula is C10H15BN2O2. The molecule has 1 aromatic rings. The Balaban J connectivity index is 3.01. The van der Waals surface area contributed by atoms with Crippen molar-refractivity contribution in [2.24, 2.45) is 0 Å². The van der Waals surface area contributed by atoms with Gasteiger partial charge in [-0.2, -0.15) is 0 Å². The Labute approximate surface area is 90.1 Å². The molecule has 0 fully saturated rings. The largest absolute Gasteiger partial charge is 0.478 e. The van der Waals surface area contributed by atoms with Gasteiger partial charge in [-0.1, -0.05) is 12.4 Å². The number of hydrogen-bond acceptors (Lipinski definition) is 3. The highest BCUT2D eigenvalue weighted by Gasteiger charge is 2.12. The summed E-state index contributed by atoms with van der Waals surface area (Å²) < 4.78 is 0. The summed E-state index contributed by atoms with van der Waals surface area (Å²) in [5.74, 6) is -0.501. The Kier molecular flexibility index (Phi) is 3.71. The van der Waals surface area contributed by atoms with E-state index in [4.69, 9.17) is 5.11 Å². The molecular weight excluding hydrogens is 191 g/mol. The van der Waals surface area contributed by atoms with E-state index in [1.54, 1.807) is 12.3 Å². The molecule has 0 aromatic carbocycles. The number of anilines is 1. The Morgan fingerprint density at radius 3 is 2.93 bits per heavy atom. The first-order valence-electron chi connectivity index (χ1n) is 5.01. The first-order chi connectivity index (χ1) is 7.04. The molecule has 0 radical (unpaired) electrons. The van der Waals surface area contributed by atoms with Crippen molar-refractivity contribution in [2.45, 2.75) is 26.3 Å². The normalized spacial score (nSPS) is 12.1. The van der Waals surface area contributed by atoms with Gasteiger partial charge in [0.05, 0.1) is 0 Å². The molecule has 15 heavy (non-hydrogen) atoms. The van der Waals surface area contributed by atoms with Gasteiger partial charge in [-0.15, -0.1) is 0 Å². The summed E-state index contributed by atoms with van der Waals surface area (Å²) in [5, 5.41) is 12.1. The first kappa shape index (κ1) is 11.6. The average molecular weight is 206 g/mol. The van der Waals surface area contributed by atoms with Crippen LogP contribution >= 0.6 is 0 Å². The lowest BCUT2D eigenvalue weighted by Crippen LogP contribution is -2.19. The standard InChI is InChI=1S/C10H15BN2O2/c1-3-6(2)13-9-8(10(14)15)4-7(11)5-12-9/h4-6H,3,11H2,1-2H3,(H,12,13)(H,14,15)/t6-/m1/s1. The lowest BCUT2D eigenvalue weighted by molar-refractivity contribution is 0.0697. The summed E-state index contributed by atoms with van der Waals surface area (Å²) in [6, 6.07) is 1.85. The summed E-state index contributed by atoms with van der Waals surface area (Å²) in [6.07, 6.45) is 2.59. The zero-order chi connectivity index (χ0) is 11.4. The zero-order valence-corrected chi connectivity index (χ0v) is 9.24. The van der Waals surface area contributed by atoms with Gasteiger partial charge in [-0.3, -0.25) is 0 Å². The van der Waals surface area contributed by atoms with Gasteiger partial charge >= 0.3 is 5.97 Å². The molecule has 1 atom stereocenters. The summed E-state index contributed by atoms with van der Waals surface area (Å²) >= 11 is 0. The second kappa shape index (κ2) is 4.82. The predicted molar refractivity (Wildman–Crippen MR) is 62.8 cm³/mol. The summed E-state index contributed by atoms with van der Waals surface area (Å²) in [4.78, 5) is 15.1. The molecule has 5 heteroatoms. The third kappa shape index (κ3) is 2.97. The van der Waals surface area contributed by atoms with E-state index in [1.165, 1.54) is 0 Å². The van der Waals surface area contributed by atoms with Gasteiger partial charge in [0, 0.05) is 12.2 Å². The van der Waals surface area contributed by atoms with E-state index in [9.17, 15) is 4.79 Å². The zero-order valence-electron chi connectivity index (χ0n) is 9.24. The van der Waals surface area contributed by atoms with Crippen LogP contribution in [0.25, 0.3) is 0 Å². The fraction of sp³-hybridized carbons (Fsp3) is 0.400. The number of aromatic carboxylic acids is 1. The molecule has 0 saturated carbocycles. The number of carboxylic acids is 1. The van der Waals surface area contributed by atoms with Crippen molar-refractivity contribution in [3.8, 4) is 0 Å². The molecule has 0 aliphatic rings. The third-order valence-corrected chi connectivity index (χ3v) is 2.25. The monoisotopic (exact) mass is 206 g/mol. The van der Waals surface area contributed by atoms with Crippen LogP contribution in [0.3, 0.4) is 0 Å². The van der Waals surface area contributed by atoms with E-state index in [0.717, 1.165) is 11.9 Å². The van der Waals surface area contributed by atoms with Crippen molar-refractivity contribution in [1.29, 1.82) is 0 Å². The van der Waals surface area contributed by atoms with Crippen molar-refractivity contribution in [1.82, 2.24) is 4.98 Å². The Hall–Kier alpha value is -1.52. The van der Waals surface area contributed by atoms with Crippen LogP contribution in [0.15, 0.2) is 12.3 Å². The number of nitrogens with zero attached hydrogens (tertiary/aromatic N) is 1. The molecule has 80 valence electrons. The molecule has 4 nitrogen and oxygen atoms in total. The maximum atomic E-state index is 11.0. The van der Waals surface area contributed by atoms with Crippen LogP contribution in [-0.2, 0) is 0 Å². The minimum absolute atomic E-state index is 0.221. The van der Waals surface area contributed by atoms with Gasteiger partial charge in [-0.25, -0.2) is 9.78 Å². The highest BCUT2D eigenvalue weighted by Crippen LogP contribution is 2.12. The molecule has 0 spiro atoms. The van der Waals surface area contributed by atoms with Crippen LogP contribution in [0, 0.1) is 0 Å². The SMILES string of the molecule is Bc1cnc(N[C@H](C)CC)c(C(=O)O)c1. The van der Waals surface area contributed by atoms with Crippen molar-refractivity contribution in [2.75, 3.05) is 5.32 Å². The number of carbonyl (C=O) groups is 1. The van der Waals surface area contributed by atoms with E-state index in [1.807, 2.05) is 21.7 Å². The quantitative estimate of drug-likeness (QED) is 0.693. The highest BCUT2D eigenvalue weighted by molar-refractivity contribution is 6.32. The molecule has 0 unspecified atom stereocenters. The van der Waals surface area contributed by atoms with E-state index < -0.39 is 5.97 Å². The topological polar surface area (TPSA) is 62.2 Å². The van der Waals surface area contributed by atoms with Gasteiger partial charge in [0.1, 0.15) is 19.2 Å². The fourth-order valence-corrected chi connectivity index (χ4v) is 1.18. The van der Waals surface area contributed by atoms with Crippen LogP contribution in [0.2, 0.25) is 0 Å². The summed E-state index contributed by atoms with van der Waals surface area (Å²) in [5.41, 5.74) is 1.08. The minimum atomic E-state index is -0.947. The van der Waals surface area contributed by atoms with Gasteiger partial charge in [0.2, 0.25) is 0 Å². The average Bonchev–Trinajstić information content (AvgIpc) is 2.20. The number of rotatable bonds is 4. The number of pyridine rings is 1. The van der Waals surface area contributed by atoms with E-state index in [0.29, 0.717) is 5.82 Å². The molecule has 1 aromatic heterocycles. The second-order valence-electron chi connectivity index (χ2n) is 3.67. The van der Waals surface area contributed by atoms with Gasteiger partial charge < -0.3 is 10.4 Å². The number of carboxylic acid groups (broad SMARTS) is 1. The minimum Gasteiger partial charge on any atom is -0.478 e. The summed E-state index contributed by atoms with van der Waals surface area (Å²) in [7, 11) is 1.83. The fourth-order valence-electron chi connectivity index (χ4n) is 1.18. The van der Waals surface area contributed by atoms with Crippen molar-refractivity contribution >= 4 is 25.1 Å². The van der Waals surface area contributed by atoms with Crippen molar-refractivity contribution in [3.05, 3.63) is 17.8 Å². The Morgan fingerprint density at radius 2 is 2.40 bits per heavy atom. The van der Waals surface area contributed by atoms with Crippen LogP contribution in [-0.4, -0.2) is 29.9 Å². The van der Waals surface area contributed by atoms with E-state index in [2.05, 4.69) is 10.3 Å². The molecule has 0 amide bonds. The smallest absolute Gasteiger partial charge is 0.339 e. The van der Waals surface area contributed by atoms with Crippen LogP contribution in [0.4, 0.5) is 5.82 Å². The number of aromatic nitrogens is 1. The lowest BCUT2D eigenvalue weighted by atomic mass is 9.97.